The molecule has 1 aliphatic rings. The molecule has 1 amide bonds. The van der Waals surface area contributed by atoms with Gasteiger partial charge in [-0.25, -0.2) is 4.98 Å². The van der Waals surface area contributed by atoms with Crippen molar-refractivity contribution in [1.82, 2.24) is 14.8 Å². The Balaban J connectivity index is 1.86. The summed E-state index contributed by atoms with van der Waals surface area (Å²) in [6, 6.07) is -0.399. The van der Waals surface area contributed by atoms with E-state index in [4.69, 9.17) is 10.7 Å². The van der Waals surface area contributed by atoms with Crippen LogP contribution in [0.1, 0.15) is 38.4 Å². The molecule has 1 fully saturated rings. The zero-order valence-corrected chi connectivity index (χ0v) is 14.2. The van der Waals surface area contributed by atoms with E-state index < -0.39 is 6.04 Å². The standard InChI is InChI=1S/C15H26N4OS/c1-11(16)13(20)19-7-5-18(6-8-19)9-12-10-21-14(17-12)15(2,3)4/h10-11H,5-9,16H2,1-4H3/t11-/m1/s1. The Bertz CT molecular complexity index is 484. The molecule has 2 heterocycles. The number of nitrogens with two attached hydrogens (primary N) is 1. The number of rotatable bonds is 3. The molecular weight excluding hydrogens is 284 g/mol. The van der Waals surface area contributed by atoms with Gasteiger partial charge in [-0.05, 0) is 6.92 Å². The summed E-state index contributed by atoms with van der Waals surface area (Å²) in [4.78, 5) is 20.8. The van der Waals surface area contributed by atoms with Gasteiger partial charge in [0.05, 0.1) is 16.7 Å². The molecule has 1 aromatic heterocycles. The van der Waals surface area contributed by atoms with E-state index in [0.717, 1.165) is 38.4 Å². The molecule has 1 atom stereocenters. The van der Waals surface area contributed by atoms with E-state index in [9.17, 15) is 4.79 Å². The fraction of sp³-hybridized carbons (Fsp3) is 0.733. The van der Waals surface area contributed by atoms with Gasteiger partial charge in [0.15, 0.2) is 0 Å². The van der Waals surface area contributed by atoms with Gasteiger partial charge in [-0.15, -0.1) is 11.3 Å². The second-order valence-electron chi connectivity index (χ2n) is 6.78. The first-order chi connectivity index (χ1) is 9.77. The SMILES string of the molecule is C[C@@H](N)C(=O)N1CCN(Cc2csc(C(C)(C)C)n2)CC1. The lowest BCUT2D eigenvalue weighted by molar-refractivity contribution is -0.134. The molecule has 0 saturated carbocycles. The lowest BCUT2D eigenvalue weighted by Crippen LogP contribution is -2.52. The van der Waals surface area contributed by atoms with Gasteiger partial charge in [-0.3, -0.25) is 9.69 Å². The summed E-state index contributed by atoms with van der Waals surface area (Å²) in [5.41, 5.74) is 6.91. The van der Waals surface area contributed by atoms with Crippen LogP contribution < -0.4 is 5.73 Å². The lowest BCUT2D eigenvalue weighted by atomic mass is 9.98. The Hall–Kier alpha value is -0.980. The molecule has 5 nitrogen and oxygen atoms in total. The molecular formula is C15H26N4OS. The molecule has 0 spiro atoms. The Morgan fingerprint density at radius 3 is 2.48 bits per heavy atom. The van der Waals surface area contributed by atoms with Crippen molar-refractivity contribution in [3.05, 3.63) is 16.1 Å². The van der Waals surface area contributed by atoms with Crippen LogP contribution in [-0.2, 0) is 16.8 Å². The maximum absolute atomic E-state index is 11.8. The van der Waals surface area contributed by atoms with Crippen LogP contribution in [0.25, 0.3) is 0 Å². The summed E-state index contributed by atoms with van der Waals surface area (Å²) in [7, 11) is 0. The topological polar surface area (TPSA) is 62.5 Å². The Kier molecular flexibility index (Phi) is 5.01. The van der Waals surface area contributed by atoms with Crippen molar-refractivity contribution in [2.24, 2.45) is 5.73 Å². The van der Waals surface area contributed by atoms with Crippen molar-refractivity contribution in [3.8, 4) is 0 Å². The van der Waals surface area contributed by atoms with Crippen LogP contribution in [0.4, 0.5) is 0 Å². The zero-order chi connectivity index (χ0) is 15.6. The van der Waals surface area contributed by atoms with E-state index in [1.807, 2.05) is 4.90 Å². The van der Waals surface area contributed by atoms with Gasteiger partial charge >= 0.3 is 0 Å². The van der Waals surface area contributed by atoms with E-state index >= 15 is 0 Å². The molecule has 2 N–H and O–H groups in total. The summed E-state index contributed by atoms with van der Waals surface area (Å²) < 4.78 is 0. The number of carbonyl (C=O) groups is 1. The summed E-state index contributed by atoms with van der Waals surface area (Å²) in [6.07, 6.45) is 0. The fourth-order valence-electron chi connectivity index (χ4n) is 2.37. The predicted octanol–water partition coefficient (Wildman–Crippen LogP) is 1.43. The Labute approximate surface area is 131 Å². The molecule has 0 aliphatic carbocycles. The minimum atomic E-state index is -0.399. The highest BCUT2D eigenvalue weighted by Gasteiger charge is 2.24. The number of piperazine rings is 1. The molecule has 0 bridgehead atoms. The highest BCUT2D eigenvalue weighted by atomic mass is 32.1. The van der Waals surface area contributed by atoms with Gasteiger partial charge in [0.2, 0.25) is 5.91 Å². The van der Waals surface area contributed by atoms with Gasteiger partial charge < -0.3 is 10.6 Å². The Morgan fingerprint density at radius 1 is 1.38 bits per heavy atom. The number of thiazole rings is 1. The molecule has 0 unspecified atom stereocenters. The number of hydrogen-bond donors (Lipinski definition) is 1. The van der Waals surface area contributed by atoms with Gasteiger partial charge in [0.1, 0.15) is 0 Å². The third kappa shape index (κ3) is 4.25. The first-order valence-electron chi connectivity index (χ1n) is 7.49. The quantitative estimate of drug-likeness (QED) is 0.917. The normalized spacial score (nSPS) is 18.8. The first kappa shape index (κ1) is 16.4. The average Bonchev–Trinajstić information content (AvgIpc) is 2.87. The van der Waals surface area contributed by atoms with E-state index in [1.165, 1.54) is 5.01 Å². The van der Waals surface area contributed by atoms with Crippen LogP contribution in [0.3, 0.4) is 0 Å². The summed E-state index contributed by atoms with van der Waals surface area (Å²) in [5, 5.41) is 3.34. The smallest absolute Gasteiger partial charge is 0.239 e. The summed E-state index contributed by atoms with van der Waals surface area (Å²) >= 11 is 1.74. The van der Waals surface area contributed by atoms with Gasteiger partial charge in [0, 0.05) is 43.5 Å². The number of carbonyl (C=O) groups excluding carboxylic acids is 1. The fourth-order valence-corrected chi connectivity index (χ4v) is 3.27. The number of amides is 1. The van der Waals surface area contributed by atoms with Crippen LogP contribution in [0.15, 0.2) is 5.38 Å². The van der Waals surface area contributed by atoms with Gasteiger partial charge in [-0.1, -0.05) is 20.8 Å². The van der Waals surface area contributed by atoms with Crippen molar-refractivity contribution in [2.75, 3.05) is 26.2 Å². The molecule has 1 saturated heterocycles. The van der Waals surface area contributed by atoms with Crippen molar-refractivity contribution < 1.29 is 4.79 Å². The number of hydrogen-bond acceptors (Lipinski definition) is 5. The van der Waals surface area contributed by atoms with Crippen LogP contribution in [-0.4, -0.2) is 52.9 Å². The van der Waals surface area contributed by atoms with E-state index in [1.54, 1.807) is 18.3 Å². The van der Waals surface area contributed by atoms with Gasteiger partial charge in [-0.2, -0.15) is 0 Å². The lowest BCUT2D eigenvalue weighted by Gasteiger charge is -2.35. The minimum Gasteiger partial charge on any atom is -0.339 e. The van der Waals surface area contributed by atoms with Crippen molar-refractivity contribution >= 4 is 17.2 Å². The first-order valence-corrected chi connectivity index (χ1v) is 8.37. The van der Waals surface area contributed by atoms with Crippen LogP contribution in [0.2, 0.25) is 0 Å². The van der Waals surface area contributed by atoms with Crippen molar-refractivity contribution in [1.29, 1.82) is 0 Å². The maximum Gasteiger partial charge on any atom is 0.239 e. The molecule has 6 heteroatoms. The largest absolute Gasteiger partial charge is 0.339 e. The third-order valence-corrected chi connectivity index (χ3v) is 4.97. The second kappa shape index (κ2) is 6.42. The molecule has 1 aliphatic heterocycles. The minimum absolute atomic E-state index is 0.0540. The summed E-state index contributed by atoms with van der Waals surface area (Å²) in [6.45, 7) is 12.5. The highest BCUT2D eigenvalue weighted by molar-refractivity contribution is 7.09. The predicted molar refractivity (Wildman–Crippen MR) is 86.3 cm³/mol. The van der Waals surface area contributed by atoms with E-state index in [0.29, 0.717) is 0 Å². The second-order valence-corrected chi connectivity index (χ2v) is 7.64. The zero-order valence-electron chi connectivity index (χ0n) is 13.4. The Morgan fingerprint density at radius 2 is 2.00 bits per heavy atom. The van der Waals surface area contributed by atoms with Gasteiger partial charge in [0.25, 0.3) is 0 Å². The monoisotopic (exact) mass is 310 g/mol. The van der Waals surface area contributed by atoms with Crippen LogP contribution >= 0.6 is 11.3 Å². The van der Waals surface area contributed by atoms with Crippen LogP contribution in [0.5, 0.6) is 0 Å². The van der Waals surface area contributed by atoms with Crippen molar-refractivity contribution in [3.63, 3.8) is 0 Å². The van der Waals surface area contributed by atoms with E-state index in [2.05, 4.69) is 31.1 Å². The number of aromatic nitrogens is 1. The molecule has 21 heavy (non-hydrogen) atoms. The molecule has 0 aromatic carbocycles. The molecule has 118 valence electrons. The molecule has 1 aromatic rings. The molecule has 0 radical (unpaired) electrons. The van der Waals surface area contributed by atoms with Crippen LogP contribution in [0, 0.1) is 0 Å². The van der Waals surface area contributed by atoms with E-state index in [-0.39, 0.29) is 11.3 Å². The average molecular weight is 310 g/mol. The third-order valence-electron chi connectivity index (χ3n) is 3.65. The maximum atomic E-state index is 11.8. The number of nitrogens with zero attached hydrogens (tertiary/aromatic N) is 3. The summed E-state index contributed by atoms with van der Waals surface area (Å²) in [5.74, 6) is 0.0540. The molecule has 2 rings (SSSR count). The van der Waals surface area contributed by atoms with Crippen molar-refractivity contribution in [2.45, 2.75) is 45.7 Å². The highest BCUT2D eigenvalue weighted by Crippen LogP contribution is 2.26.